The normalized spacial score (nSPS) is 10.1. The second kappa shape index (κ2) is 4.61. The minimum atomic E-state index is 0.376. The van der Waals surface area contributed by atoms with Crippen LogP contribution in [0.1, 0.15) is 12.0 Å². The predicted octanol–water partition coefficient (Wildman–Crippen LogP) is 2.75. The molecule has 2 nitrogen and oxygen atoms in total. The molecule has 0 radical (unpaired) electrons. The van der Waals surface area contributed by atoms with Crippen LogP contribution in [0.15, 0.2) is 18.7 Å². The molecule has 1 heterocycles. The van der Waals surface area contributed by atoms with Gasteiger partial charge in [0.25, 0.3) is 0 Å². The molecule has 0 saturated heterocycles. The van der Waals surface area contributed by atoms with Crippen LogP contribution in [0, 0.1) is 0 Å². The first-order valence-electron chi connectivity index (χ1n) is 3.85. The van der Waals surface area contributed by atoms with Gasteiger partial charge in [-0.05, 0) is 36.2 Å². The lowest BCUT2D eigenvalue weighted by atomic mass is 10.1. The molecule has 1 rings (SSSR count). The van der Waals surface area contributed by atoms with Crippen LogP contribution in [0.25, 0.3) is 5.57 Å². The van der Waals surface area contributed by atoms with E-state index < -0.39 is 0 Å². The van der Waals surface area contributed by atoms with Gasteiger partial charge in [-0.1, -0.05) is 29.8 Å². The molecule has 13 heavy (non-hydrogen) atoms. The van der Waals surface area contributed by atoms with Crippen molar-refractivity contribution in [3.63, 3.8) is 0 Å². The highest BCUT2D eigenvalue weighted by Gasteiger charge is 2.02. The van der Waals surface area contributed by atoms with E-state index >= 15 is 0 Å². The molecule has 0 aliphatic carbocycles. The zero-order chi connectivity index (χ0) is 9.84. The maximum absolute atomic E-state index is 5.73. The number of halogens is 2. The van der Waals surface area contributed by atoms with Gasteiger partial charge in [-0.3, -0.25) is 0 Å². The molecule has 0 aliphatic heterocycles. The number of aromatic nitrogens is 1. The smallest absolute Gasteiger partial charge is 0.131 e. The summed E-state index contributed by atoms with van der Waals surface area (Å²) >= 11 is 11.5. The number of rotatable bonds is 3. The van der Waals surface area contributed by atoms with Crippen LogP contribution in [0.3, 0.4) is 0 Å². The lowest BCUT2D eigenvalue weighted by Gasteiger charge is -2.04. The number of nitrogens with zero attached hydrogens (tertiary/aromatic N) is 1. The van der Waals surface area contributed by atoms with E-state index in [1.807, 2.05) is 0 Å². The minimum absolute atomic E-state index is 0.376. The first-order valence-corrected chi connectivity index (χ1v) is 4.60. The monoisotopic (exact) mass is 216 g/mol. The van der Waals surface area contributed by atoms with Gasteiger partial charge in [0.2, 0.25) is 0 Å². The lowest BCUT2D eigenvalue weighted by molar-refractivity contribution is 1.02. The highest BCUT2D eigenvalue weighted by atomic mass is 35.5. The molecule has 2 N–H and O–H groups in total. The third kappa shape index (κ3) is 2.99. The molecule has 0 aromatic carbocycles. The lowest BCUT2D eigenvalue weighted by Crippen LogP contribution is -1.99. The molecule has 0 bridgehead atoms. The summed E-state index contributed by atoms with van der Waals surface area (Å²) < 4.78 is 0. The van der Waals surface area contributed by atoms with Crippen molar-refractivity contribution in [1.29, 1.82) is 0 Å². The molecule has 4 heteroatoms. The van der Waals surface area contributed by atoms with Gasteiger partial charge >= 0.3 is 0 Å². The summed E-state index contributed by atoms with van der Waals surface area (Å²) in [5.74, 6) is 0. The molecule has 1 aromatic rings. The summed E-state index contributed by atoms with van der Waals surface area (Å²) in [6.07, 6.45) is 0.733. The summed E-state index contributed by atoms with van der Waals surface area (Å²) in [4.78, 5) is 3.84. The van der Waals surface area contributed by atoms with Crippen molar-refractivity contribution in [3.8, 4) is 0 Å². The Balaban J connectivity index is 2.94. The molecule has 0 atom stereocenters. The third-order valence-electron chi connectivity index (χ3n) is 1.62. The Morgan fingerprint density at radius 1 is 1.38 bits per heavy atom. The standard InChI is InChI=1S/C9H10Cl2N2/c1-6(2-3-12)7-4-8(10)13-9(11)5-7/h4-5H,1-3,12H2. The zero-order valence-electron chi connectivity index (χ0n) is 7.06. The van der Waals surface area contributed by atoms with Gasteiger partial charge in [0.05, 0.1) is 0 Å². The quantitative estimate of drug-likeness (QED) is 0.790. The Kier molecular flexibility index (Phi) is 3.72. The Hall–Kier alpha value is -0.570. The molecular weight excluding hydrogens is 207 g/mol. The van der Waals surface area contributed by atoms with Crippen molar-refractivity contribution in [2.24, 2.45) is 5.73 Å². The third-order valence-corrected chi connectivity index (χ3v) is 2.00. The van der Waals surface area contributed by atoms with Gasteiger partial charge in [0, 0.05) is 0 Å². The van der Waals surface area contributed by atoms with E-state index in [0.29, 0.717) is 16.9 Å². The summed E-state index contributed by atoms with van der Waals surface area (Å²) in [5, 5.41) is 0.751. The van der Waals surface area contributed by atoms with Crippen LogP contribution >= 0.6 is 23.2 Å². The molecule has 0 fully saturated rings. The SMILES string of the molecule is C=C(CCN)c1cc(Cl)nc(Cl)c1. The highest BCUT2D eigenvalue weighted by Crippen LogP contribution is 2.21. The number of hydrogen-bond donors (Lipinski definition) is 1. The van der Waals surface area contributed by atoms with Gasteiger partial charge in [-0.2, -0.15) is 0 Å². The van der Waals surface area contributed by atoms with E-state index in [9.17, 15) is 0 Å². The first-order chi connectivity index (χ1) is 6.13. The maximum Gasteiger partial charge on any atom is 0.131 e. The van der Waals surface area contributed by atoms with Crippen molar-refractivity contribution in [2.75, 3.05) is 6.54 Å². The molecule has 70 valence electrons. The summed E-state index contributed by atoms with van der Waals surface area (Å²) in [7, 11) is 0. The second-order valence-electron chi connectivity index (χ2n) is 2.64. The van der Waals surface area contributed by atoms with Crippen LogP contribution in [0.2, 0.25) is 10.3 Å². The topological polar surface area (TPSA) is 38.9 Å². The fourth-order valence-corrected chi connectivity index (χ4v) is 1.45. The molecule has 0 amide bonds. The van der Waals surface area contributed by atoms with Crippen LogP contribution in [0.5, 0.6) is 0 Å². The average molecular weight is 217 g/mol. The number of hydrogen-bond acceptors (Lipinski definition) is 2. The van der Waals surface area contributed by atoms with Gasteiger partial charge in [-0.15, -0.1) is 0 Å². The van der Waals surface area contributed by atoms with Crippen LogP contribution < -0.4 is 5.73 Å². The fourth-order valence-electron chi connectivity index (χ4n) is 0.988. The largest absolute Gasteiger partial charge is 0.330 e. The van der Waals surface area contributed by atoms with Gasteiger partial charge in [0.15, 0.2) is 0 Å². The summed E-state index contributed by atoms with van der Waals surface area (Å²) in [5.41, 5.74) is 7.22. The van der Waals surface area contributed by atoms with Crippen molar-refractivity contribution >= 4 is 28.8 Å². The Labute approximate surface area is 87.4 Å². The van der Waals surface area contributed by atoms with Crippen molar-refractivity contribution in [3.05, 3.63) is 34.6 Å². The van der Waals surface area contributed by atoms with Gasteiger partial charge < -0.3 is 5.73 Å². The summed E-state index contributed by atoms with van der Waals surface area (Å²) in [6.45, 7) is 4.44. The Morgan fingerprint density at radius 3 is 2.38 bits per heavy atom. The van der Waals surface area contributed by atoms with Crippen LogP contribution in [-0.4, -0.2) is 11.5 Å². The van der Waals surface area contributed by atoms with Crippen LogP contribution in [0.4, 0.5) is 0 Å². The van der Waals surface area contributed by atoms with Crippen LogP contribution in [-0.2, 0) is 0 Å². The van der Waals surface area contributed by atoms with E-state index in [4.69, 9.17) is 28.9 Å². The van der Waals surface area contributed by atoms with E-state index in [1.165, 1.54) is 0 Å². The average Bonchev–Trinajstić information content (AvgIpc) is 2.03. The number of pyridine rings is 1. The molecule has 0 saturated carbocycles. The second-order valence-corrected chi connectivity index (χ2v) is 3.42. The highest BCUT2D eigenvalue weighted by molar-refractivity contribution is 6.32. The van der Waals surface area contributed by atoms with E-state index in [0.717, 1.165) is 17.6 Å². The summed E-state index contributed by atoms with van der Waals surface area (Å²) in [6, 6.07) is 3.46. The van der Waals surface area contributed by atoms with Gasteiger partial charge in [0.1, 0.15) is 10.3 Å². The molecule has 1 aromatic heterocycles. The minimum Gasteiger partial charge on any atom is -0.330 e. The molecule has 0 spiro atoms. The Morgan fingerprint density at radius 2 is 1.92 bits per heavy atom. The zero-order valence-corrected chi connectivity index (χ0v) is 8.57. The van der Waals surface area contributed by atoms with Gasteiger partial charge in [-0.25, -0.2) is 4.98 Å². The number of nitrogens with two attached hydrogens (primary N) is 1. The van der Waals surface area contributed by atoms with Crippen molar-refractivity contribution in [2.45, 2.75) is 6.42 Å². The Bertz CT molecular complexity index is 303. The van der Waals surface area contributed by atoms with Crippen molar-refractivity contribution < 1.29 is 0 Å². The predicted molar refractivity (Wildman–Crippen MR) is 57.0 cm³/mol. The van der Waals surface area contributed by atoms with Crippen molar-refractivity contribution in [1.82, 2.24) is 4.98 Å². The molecular formula is C9H10Cl2N2. The molecule has 0 aliphatic rings. The maximum atomic E-state index is 5.73. The molecule has 0 unspecified atom stereocenters. The van der Waals surface area contributed by atoms with E-state index in [-0.39, 0.29) is 0 Å². The van der Waals surface area contributed by atoms with E-state index in [1.54, 1.807) is 12.1 Å². The van der Waals surface area contributed by atoms with E-state index in [2.05, 4.69) is 11.6 Å². The first kappa shape index (κ1) is 10.5. The fraction of sp³-hybridized carbons (Fsp3) is 0.222.